The van der Waals surface area contributed by atoms with E-state index in [1.54, 1.807) is 0 Å². The molecule has 1 rings (SSSR count). The second-order valence-corrected chi connectivity index (χ2v) is 6.76. The normalized spacial score (nSPS) is 7.97. The van der Waals surface area contributed by atoms with Crippen LogP contribution in [0.5, 0.6) is 0 Å². The first kappa shape index (κ1) is 41.4. The zero-order chi connectivity index (χ0) is 25.1. The summed E-state index contributed by atoms with van der Waals surface area (Å²) in [6, 6.07) is 5.81. The van der Waals surface area contributed by atoms with Crippen LogP contribution >= 0.6 is 11.6 Å². The van der Waals surface area contributed by atoms with E-state index in [1.165, 1.54) is 65.8 Å². The molecule has 0 aliphatic rings. The summed E-state index contributed by atoms with van der Waals surface area (Å²) in [4.78, 5) is 70.2. The van der Waals surface area contributed by atoms with Crippen molar-refractivity contribution >= 4 is 52.3 Å². The van der Waals surface area contributed by atoms with E-state index >= 15 is 0 Å². The second-order valence-electron chi connectivity index (χ2n) is 6.32. The number of hydrogen-bond acceptors (Lipinski definition) is 8. The first-order chi connectivity index (χ1) is 14.1. The summed E-state index contributed by atoms with van der Waals surface area (Å²) >= 11 is 5.50. The van der Waals surface area contributed by atoms with Crippen molar-refractivity contribution in [3.05, 3.63) is 41.3 Å². The molecular weight excluding hydrogens is 558 g/mol. The van der Waals surface area contributed by atoms with Crippen LogP contribution in [-0.4, -0.2) is 40.7 Å². The predicted molar refractivity (Wildman–Crippen MR) is 113 cm³/mol. The van der Waals surface area contributed by atoms with Gasteiger partial charge in [-0.05, 0) is 59.2 Å². The molecule has 0 saturated carbocycles. The summed E-state index contributed by atoms with van der Waals surface area (Å²) in [6.07, 6.45) is 1.22. The van der Waals surface area contributed by atoms with E-state index in [-0.39, 0.29) is 92.1 Å². The van der Waals surface area contributed by atoms with E-state index in [0.29, 0.717) is 5.02 Å². The number of hydrogen-bond donors (Lipinski definition) is 0. The van der Waals surface area contributed by atoms with E-state index < -0.39 is 5.97 Å². The predicted octanol–water partition coefficient (Wildman–Crippen LogP) is 2.18. The van der Waals surface area contributed by atoms with Gasteiger partial charge in [0.25, 0.3) is 0 Å². The van der Waals surface area contributed by atoms with Gasteiger partial charge in [-0.2, -0.15) is 0 Å². The van der Waals surface area contributed by atoms with E-state index in [1.807, 2.05) is 0 Å². The van der Waals surface area contributed by atoms with Crippen molar-refractivity contribution < 1.29 is 77.6 Å². The van der Waals surface area contributed by atoms with Crippen molar-refractivity contribution in [1.82, 2.24) is 0 Å². The monoisotopic (exact) mass is 582 g/mol. The Labute approximate surface area is 224 Å². The third-order valence-corrected chi connectivity index (χ3v) is 2.73. The van der Waals surface area contributed by atoms with Gasteiger partial charge in [-0.15, -0.1) is 0 Å². The van der Waals surface area contributed by atoms with Crippen molar-refractivity contribution in [3.8, 4) is 0 Å². The third kappa shape index (κ3) is 40.9. The number of carboxylic acids is 1. The number of carbonyl (C=O) groups is 7. The minimum absolute atomic E-state index is 0. The molecule has 11 heteroatoms. The molecule has 0 amide bonds. The molecule has 0 radical (unpaired) electrons. The first-order valence-electron chi connectivity index (χ1n) is 8.88. The van der Waals surface area contributed by atoms with Gasteiger partial charge < -0.3 is 19.5 Å². The van der Waals surface area contributed by atoms with Crippen LogP contribution in [0.4, 0.5) is 0 Å². The Morgan fingerprint density at radius 3 is 1.06 bits per heavy atom. The Balaban J connectivity index is -0.000000105. The molecule has 0 heterocycles. The minimum Gasteiger partial charge on any atom is -0.545 e. The maximum Gasteiger partial charge on any atom is 2.00 e. The topological polar surface area (TPSA) is 143 Å². The van der Waals surface area contributed by atoms with Crippen LogP contribution in [0.2, 0.25) is 5.02 Å². The summed E-state index contributed by atoms with van der Waals surface area (Å²) in [6.45, 7) is 8.31. The molecule has 0 aromatic heterocycles. The maximum atomic E-state index is 10.2. The number of Topliss-reactive ketones (excluding diaryl/α,β-unsaturated/α-hetero) is 6. The first-order valence-corrected chi connectivity index (χ1v) is 9.26. The Morgan fingerprint density at radius 2 is 0.939 bits per heavy atom. The maximum absolute atomic E-state index is 10.2. The van der Waals surface area contributed by atoms with Crippen molar-refractivity contribution in [2.75, 3.05) is 0 Å². The van der Waals surface area contributed by atoms with Crippen LogP contribution in [0.25, 0.3) is 0 Å². The summed E-state index contributed by atoms with van der Waals surface area (Å²) in [5, 5.41) is 10.7. The molecule has 0 saturated heterocycles. The summed E-state index contributed by atoms with van der Waals surface area (Å²) in [5.41, 5.74) is 0.143. The van der Waals surface area contributed by atoms with E-state index in [4.69, 9.17) is 11.6 Å². The molecule has 33 heavy (non-hydrogen) atoms. The van der Waals surface area contributed by atoms with Gasteiger partial charge in [-0.25, -0.2) is 0 Å². The molecule has 1 aromatic rings. The molecule has 0 atom stereocenters. The standard InChI is InChI=1S/C7H5ClO2.2C5H8O2.C5H7O2.2Zn/c8-6-3-1-5(2-4-6)7(9)10;3*1-4(6)3-5(2)7;;/h1-4H,(H,9,10);2*3H2,1-2H3;3H,1-2H3;;/q;;;-1;2*+2/p-1. The quantitative estimate of drug-likeness (QED) is 0.269. The Hall–Kier alpha value is -1.88. The van der Waals surface area contributed by atoms with E-state index in [9.17, 15) is 38.7 Å². The van der Waals surface area contributed by atoms with Crippen molar-refractivity contribution in [2.45, 2.75) is 54.4 Å². The number of carboxylic acid groups (broad SMARTS) is 1. The second kappa shape index (κ2) is 24.8. The van der Waals surface area contributed by atoms with Gasteiger partial charge in [-0.3, -0.25) is 25.6 Å². The number of carbonyl (C=O) groups excluding carboxylic acids is 7. The molecule has 172 valence electrons. The van der Waals surface area contributed by atoms with Crippen LogP contribution in [0.3, 0.4) is 0 Å². The molecule has 0 N–H and O–H groups in total. The summed E-state index contributed by atoms with van der Waals surface area (Å²) in [5.74, 6) is -1.81. The smallest absolute Gasteiger partial charge is 0.545 e. The van der Waals surface area contributed by atoms with Gasteiger partial charge in [0.05, 0.1) is 18.8 Å². The van der Waals surface area contributed by atoms with Crippen molar-refractivity contribution in [3.63, 3.8) is 0 Å². The van der Waals surface area contributed by atoms with Crippen LogP contribution in [0, 0.1) is 6.42 Å². The average molecular weight is 586 g/mol. The zero-order valence-corrected chi connectivity index (χ0v) is 26.5. The molecular formula is C22H27ClO8Zn2+2. The molecule has 0 aliphatic carbocycles. The number of halogens is 1. The van der Waals surface area contributed by atoms with E-state index in [0.717, 1.165) is 6.42 Å². The van der Waals surface area contributed by atoms with Gasteiger partial charge in [-0.1, -0.05) is 23.7 Å². The SMILES string of the molecule is CC(=O)CC(C)=O.CC(=O)CC(C)=O.CC(=O)[CH-]C(C)=O.O=C([O-])c1ccc(Cl)cc1.[Zn+2].[Zn+2]. The number of benzene rings is 1. The average Bonchev–Trinajstić information content (AvgIpc) is 2.52. The molecule has 8 nitrogen and oxygen atoms in total. The third-order valence-electron chi connectivity index (χ3n) is 2.48. The van der Waals surface area contributed by atoms with Crippen LogP contribution in [0.1, 0.15) is 64.7 Å². The number of rotatable bonds is 7. The van der Waals surface area contributed by atoms with Crippen LogP contribution in [0.15, 0.2) is 24.3 Å². The van der Waals surface area contributed by atoms with Crippen molar-refractivity contribution in [2.24, 2.45) is 0 Å². The molecule has 0 aliphatic heterocycles. The molecule has 0 unspecified atom stereocenters. The molecule has 0 bridgehead atoms. The fourth-order valence-electron chi connectivity index (χ4n) is 1.57. The fourth-order valence-corrected chi connectivity index (χ4v) is 1.70. The Bertz CT molecular complexity index is 692. The Morgan fingerprint density at radius 1 is 0.667 bits per heavy atom. The number of ketones is 6. The molecule has 0 fully saturated rings. The van der Waals surface area contributed by atoms with Gasteiger partial charge in [0.2, 0.25) is 0 Å². The summed E-state index contributed by atoms with van der Waals surface area (Å²) < 4.78 is 0. The molecule has 1 aromatic carbocycles. The van der Waals surface area contributed by atoms with Crippen LogP contribution < -0.4 is 5.11 Å². The van der Waals surface area contributed by atoms with E-state index in [2.05, 4.69) is 0 Å². The zero-order valence-electron chi connectivity index (χ0n) is 19.9. The summed E-state index contributed by atoms with van der Waals surface area (Å²) in [7, 11) is 0. The van der Waals surface area contributed by atoms with Crippen LogP contribution in [-0.2, 0) is 67.7 Å². The Kier molecular flexibility index (Phi) is 31.0. The van der Waals surface area contributed by atoms with Crippen molar-refractivity contribution in [1.29, 1.82) is 0 Å². The minimum atomic E-state index is -1.18. The van der Waals surface area contributed by atoms with Gasteiger partial charge >= 0.3 is 39.0 Å². The van der Waals surface area contributed by atoms with Gasteiger partial charge in [0, 0.05) is 16.6 Å². The largest absolute Gasteiger partial charge is 2.00 e. The number of aromatic carboxylic acids is 1. The molecule has 0 spiro atoms. The van der Waals surface area contributed by atoms with Gasteiger partial charge in [0.1, 0.15) is 23.1 Å². The fraction of sp³-hybridized carbons (Fsp3) is 0.364. The van der Waals surface area contributed by atoms with Gasteiger partial charge in [0.15, 0.2) is 0 Å².